The predicted octanol–water partition coefficient (Wildman–Crippen LogP) is 2.84. The quantitative estimate of drug-likeness (QED) is 0.882. The van der Waals surface area contributed by atoms with E-state index in [1.165, 1.54) is 18.5 Å². The second kappa shape index (κ2) is 5.25. The molecule has 0 unspecified atom stereocenters. The van der Waals surface area contributed by atoms with Crippen molar-refractivity contribution < 1.29 is 9.13 Å². The Labute approximate surface area is 98.5 Å². The van der Waals surface area contributed by atoms with E-state index < -0.39 is 0 Å². The van der Waals surface area contributed by atoms with Crippen molar-refractivity contribution in [2.24, 2.45) is 0 Å². The van der Waals surface area contributed by atoms with E-state index in [-0.39, 0.29) is 5.82 Å². The highest BCUT2D eigenvalue weighted by Crippen LogP contribution is 2.20. The lowest BCUT2D eigenvalue weighted by Gasteiger charge is -2.06. The number of ether oxygens (including phenoxy) is 1. The fourth-order valence-corrected chi connectivity index (χ4v) is 1.32. The zero-order valence-corrected chi connectivity index (χ0v) is 9.35. The van der Waals surface area contributed by atoms with Gasteiger partial charge >= 0.3 is 0 Å². The Hall–Kier alpha value is -2.17. The summed E-state index contributed by atoms with van der Waals surface area (Å²) < 4.78 is 18.4. The minimum Gasteiger partial charge on any atom is -0.439 e. The summed E-state index contributed by atoms with van der Waals surface area (Å²) in [6, 6.07) is 7.56. The molecule has 0 bridgehead atoms. The van der Waals surface area contributed by atoms with Gasteiger partial charge in [0.2, 0.25) is 5.88 Å². The van der Waals surface area contributed by atoms with Gasteiger partial charge in [-0.15, -0.1) is 0 Å². The third-order valence-electron chi connectivity index (χ3n) is 2.02. The number of benzene rings is 1. The van der Waals surface area contributed by atoms with Crippen LogP contribution in [0.1, 0.15) is 6.92 Å². The number of aromatic nitrogens is 2. The highest BCUT2D eigenvalue weighted by Gasteiger charge is 2.01. The van der Waals surface area contributed by atoms with Gasteiger partial charge in [0.25, 0.3) is 0 Å². The van der Waals surface area contributed by atoms with Gasteiger partial charge in [0.1, 0.15) is 23.7 Å². The number of nitrogens with zero attached hydrogens (tertiary/aromatic N) is 2. The summed E-state index contributed by atoms with van der Waals surface area (Å²) in [5, 5.41) is 3.04. The molecule has 2 rings (SSSR count). The zero-order valence-electron chi connectivity index (χ0n) is 9.35. The van der Waals surface area contributed by atoms with Crippen LogP contribution in [-0.2, 0) is 0 Å². The van der Waals surface area contributed by atoms with Crippen molar-refractivity contribution in [1.29, 1.82) is 0 Å². The SMILES string of the molecule is CCNc1cc(Oc2cccc(F)c2)ncn1. The van der Waals surface area contributed by atoms with E-state index in [4.69, 9.17) is 4.74 Å². The van der Waals surface area contributed by atoms with Gasteiger partial charge in [-0.2, -0.15) is 0 Å². The van der Waals surface area contributed by atoms with Crippen LogP contribution in [0.2, 0.25) is 0 Å². The molecule has 0 aliphatic carbocycles. The molecule has 88 valence electrons. The molecule has 0 fully saturated rings. The maximum atomic E-state index is 12.9. The summed E-state index contributed by atoms with van der Waals surface area (Å²) in [5.74, 6) is 1.12. The molecule has 1 N–H and O–H groups in total. The van der Waals surface area contributed by atoms with Crippen LogP contribution < -0.4 is 10.1 Å². The summed E-state index contributed by atoms with van der Waals surface area (Å²) >= 11 is 0. The van der Waals surface area contributed by atoms with Crippen molar-refractivity contribution in [2.75, 3.05) is 11.9 Å². The second-order valence-electron chi connectivity index (χ2n) is 3.33. The Morgan fingerprint density at radius 3 is 2.94 bits per heavy atom. The van der Waals surface area contributed by atoms with E-state index in [0.29, 0.717) is 17.4 Å². The molecule has 0 radical (unpaired) electrons. The molecule has 5 heteroatoms. The van der Waals surface area contributed by atoms with E-state index >= 15 is 0 Å². The Morgan fingerprint density at radius 2 is 2.18 bits per heavy atom. The molecule has 0 aliphatic rings. The fourth-order valence-electron chi connectivity index (χ4n) is 1.32. The molecule has 0 aliphatic heterocycles. The van der Waals surface area contributed by atoms with E-state index in [1.807, 2.05) is 6.92 Å². The van der Waals surface area contributed by atoms with Crippen LogP contribution in [0.4, 0.5) is 10.2 Å². The van der Waals surface area contributed by atoms with Crippen molar-refractivity contribution in [2.45, 2.75) is 6.92 Å². The highest BCUT2D eigenvalue weighted by molar-refractivity contribution is 5.38. The Kier molecular flexibility index (Phi) is 3.49. The molecule has 4 nitrogen and oxygen atoms in total. The summed E-state index contributed by atoms with van der Waals surface area (Å²) in [7, 11) is 0. The van der Waals surface area contributed by atoms with Crippen molar-refractivity contribution in [3.63, 3.8) is 0 Å². The molecule has 2 aromatic rings. The van der Waals surface area contributed by atoms with E-state index in [1.54, 1.807) is 18.2 Å². The molecular formula is C12H12FN3O. The third kappa shape index (κ3) is 3.14. The van der Waals surface area contributed by atoms with Gasteiger partial charge in [-0.05, 0) is 19.1 Å². The van der Waals surface area contributed by atoms with Crippen LogP contribution in [0.25, 0.3) is 0 Å². The van der Waals surface area contributed by atoms with Crippen molar-refractivity contribution >= 4 is 5.82 Å². The zero-order chi connectivity index (χ0) is 12.1. The number of anilines is 1. The van der Waals surface area contributed by atoms with E-state index in [0.717, 1.165) is 6.54 Å². The Morgan fingerprint density at radius 1 is 1.29 bits per heavy atom. The van der Waals surface area contributed by atoms with Crippen LogP contribution in [0.3, 0.4) is 0 Å². The van der Waals surface area contributed by atoms with Crippen molar-refractivity contribution in [3.8, 4) is 11.6 Å². The summed E-state index contributed by atoms with van der Waals surface area (Å²) in [5.41, 5.74) is 0. The van der Waals surface area contributed by atoms with Crippen LogP contribution >= 0.6 is 0 Å². The summed E-state index contributed by atoms with van der Waals surface area (Å²) in [6.07, 6.45) is 1.40. The van der Waals surface area contributed by atoms with Gasteiger partial charge < -0.3 is 10.1 Å². The van der Waals surface area contributed by atoms with Gasteiger partial charge in [-0.3, -0.25) is 0 Å². The first-order valence-electron chi connectivity index (χ1n) is 5.27. The summed E-state index contributed by atoms with van der Waals surface area (Å²) in [4.78, 5) is 7.96. The van der Waals surface area contributed by atoms with Gasteiger partial charge in [0.15, 0.2) is 0 Å². The number of hydrogen-bond acceptors (Lipinski definition) is 4. The molecule has 1 aromatic carbocycles. The molecule has 1 heterocycles. The molecule has 0 spiro atoms. The minimum atomic E-state index is -0.344. The largest absolute Gasteiger partial charge is 0.439 e. The van der Waals surface area contributed by atoms with Crippen molar-refractivity contribution in [3.05, 3.63) is 42.5 Å². The standard InChI is InChI=1S/C12H12FN3O/c1-2-14-11-7-12(16-8-15-11)17-10-5-3-4-9(13)6-10/h3-8H,2H2,1H3,(H,14,15,16). The van der Waals surface area contributed by atoms with E-state index in [2.05, 4.69) is 15.3 Å². The minimum absolute atomic E-state index is 0.344. The summed E-state index contributed by atoms with van der Waals surface area (Å²) in [6.45, 7) is 2.73. The lowest BCUT2D eigenvalue weighted by Crippen LogP contribution is -2.00. The van der Waals surface area contributed by atoms with Gasteiger partial charge in [-0.1, -0.05) is 6.07 Å². The van der Waals surface area contributed by atoms with Crippen LogP contribution in [0.15, 0.2) is 36.7 Å². The van der Waals surface area contributed by atoms with Gasteiger partial charge in [0, 0.05) is 18.7 Å². The van der Waals surface area contributed by atoms with Crippen LogP contribution in [-0.4, -0.2) is 16.5 Å². The average Bonchev–Trinajstić information content (AvgIpc) is 2.30. The van der Waals surface area contributed by atoms with Gasteiger partial charge in [-0.25, -0.2) is 14.4 Å². The van der Waals surface area contributed by atoms with Crippen LogP contribution in [0.5, 0.6) is 11.6 Å². The molecule has 0 atom stereocenters. The number of rotatable bonds is 4. The smallest absolute Gasteiger partial charge is 0.224 e. The molecule has 0 saturated carbocycles. The molecular weight excluding hydrogens is 221 g/mol. The Bertz CT molecular complexity index is 505. The normalized spacial score (nSPS) is 10.0. The number of nitrogens with one attached hydrogen (secondary N) is 1. The molecule has 17 heavy (non-hydrogen) atoms. The van der Waals surface area contributed by atoms with E-state index in [9.17, 15) is 4.39 Å². The Balaban J connectivity index is 2.15. The highest BCUT2D eigenvalue weighted by atomic mass is 19.1. The predicted molar refractivity (Wildman–Crippen MR) is 62.7 cm³/mol. The maximum absolute atomic E-state index is 12.9. The third-order valence-corrected chi connectivity index (χ3v) is 2.02. The molecule has 0 amide bonds. The number of hydrogen-bond donors (Lipinski definition) is 1. The molecule has 1 aromatic heterocycles. The fraction of sp³-hybridized carbons (Fsp3) is 0.167. The topological polar surface area (TPSA) is 47.0 Å². The second-order valence-corrected chi connectivity index (χ2v) is 3.33. The van der Waals surface area contributed by atoms with Crippen molar-refractivity contribution in [1.82, 2.24) is 9.97 Å². The monoisotopic (exact) mass is 233 g/mol. The molecule has 0 saturated heterocycles. The first kappa shape index (κ1) is 11.3. The maximum Gasteiger partial charge on any atom is 0.224 e. The average molecular weight is 233 g/mol. The number of halogens is 1. The first-order chi connectivity index (χ1) is 8.28. The lowest BCUT2D eigenvalue weighted by molar-refractivity contribution is 0.457. The first-order valence-corrected chi connectivity index (χ1v) is 5.27. The van der Waals surface area contributed by atoms with Crippen LogP contribution in [0, 0.1) is 5.82 Å². The lowest BCUT2D eigenvalue weighted by atomic mass is 10.3. The van der Waals surface area contributed by atoms with Gasteiger partial charge in [0.05, 0.1) is 0 Å².